The zero-order valence-corrected chi connectivity index (χ0v) is 16.0. The number of halogens is 2. The summed E-state index contributed by atoms with van der Waals surface area (Å²) in [5.74, 6) is 1.04. The van der Waals surface area contributed by atoms with Crippen LogP contribution in [-0.4, -0.2) is 58.6 Å². The van der Waals surface area contributed by atoms with Crippen molar-refractivity contribution in [3.05, 3.63) is 29.8 Å². The maximum absolute atomic E-state index is 12.5. The third kappa shape index (κ3) is 4.46. The molecule has 24 heavy (non-hydrogen) atoms. The van der Waals surface area contributed by atoms with Crippen LogP contribution in [0.1, 0.15) is 11.9 Å². The first-order valence-corrected chi connectivity index (χ1v) is 8.13. The van der Waals surface area contributed by atoms with E-state index in [2.05, 4.69) is 20.2 Å². The van der Waals surface area contributed by atoms with E-state index >= 15 is 0 Å². The van der Waals surface area contributed by atoms with E-state index in [0.29, 0.717) is 6.54 Å². The number of aryl methyl sites for hydroxylation is 1. The number of nitrogens with zero attached hydrogens (tertiary/aromatic N) is 5. The monoisotopic (exact) mass is 392 g/mol. The fourth-order valence-corrected chi connectivity index (χ4v) is 3.28. The van der Waals surface area contributed by atoms with Gasteiger partial charge in [0.15, 0.2) is 5.13 Å². The maximum Gasteiger partial charge on any atom is 0.242 e. The second-order valence-electron chi connectivity index (χ2n) is 5.35. The Labute approximate surface area is 157 Å². The van der Waals surface area contributed by atoms with Crippen LogP contribution < -0.4 is 10.2 Å². The van der Waals surface area contributed by atoms with Crippen molar-refractivity contribution in [2.75, 3.05) is 38.1 Å². The Morgan fingerprint density at radius 2 is 2.21 bits per heavy atom. The molecule has 0 saturated carbocycles. The number of aromatic nitrogens is 3. The SMILES string of the molecule is CN(C(=O)CN1CCNCC1c1nccn1C)c1nccs1.Cl.Cl. The fourth-order valence-electron chi connectivity index (χ4n) is 2.66. The van der Waals surface area contributed by atoms with Gasteiger partial charge in [-0.05, 0) is 0 Å². The molecule has 1 aliphatic rings. The molecule has 2 aromatic heterocycles. The van der Waals surface area contributed by atoms with Crippen LogP contribution in [0.3, 0.4) is 0 Å². The number of imidazole rings is 1. The van der Waals surface area contributed by atoms with Crippen LogP contribution in [0.5, 0.6) is 0 Å². The molecule has 2 aromatic rings. The predicted molar refractivity (Wildman–Crippen MR) is 100 cm³/mol. The standard InChI is InChI=1S/C14H20N6OS.2ClH/c1-18-6-4-16-13(18)11-9-15-3-7-20(11)10-12(21)19(2)14-17-5-8-22-14;;/h4-6,8,11,15H,3,7,9-10H2,1-2H3;2*1H. The van der Waals surface area contributed by atoms with E-state index in [1.54, 1.807) is 24.3 Å². The van der Waals surface area contributed by atoms with Crippen LogP contribution in [-0.2, 0) is 11.8 Å². The lowest BCUT2D eigenvalue weighted by atomic mass is 10.1. The zero-order valence-electron chi connectivity index (χ0n) is 13.6. The third-order valence-corrected chi connectivity index (χ3v) is 4.78. The summed E-state index contributed by atoms with van der Waals surface area (Å²) in [6, 6.07) is 0.113. The van der Waals surface area contributed by atoms with E-state index in [4.69, 9.17) is 0 Å². The molecule has 10 heteroatoms. The Bertz CT molecular complexity index is 635. The van der Waals surface area contributed by atoms with Crippen molar-refractivity contribution in [3.63, 3.8) is 0 Å². The topological polar surface area (TPSA) is 66.3 Å². The molecule has 1 saturated heterocycles. The summed E-state index contributed by atoms with van der Waals surface area (Å²) in [6.45, 7) is 2.89. The summed E-state index contributed by atoms with van der Waals surface area (Å²) in [6.07, 6.45) is 5.45. The first-order valence-electron chi connectivity index (χ1n) is 7.25. The molecule has 1 amide bonds. The van der Waals surface area contributed by atoms with Gasteiger partial charge < -0.3 is 9.88 Å². The average Bonchev–Trinajstić information content (AvgIpc) is 3.18. The van der Waals surface area contributed by atoms with Crippen molar-refractivity contribution < 1.29 is 4.79 Å². The summed E-state index contributed by atoms with van der Waals surface area (Å²) < 4.78 is 2.01. The first kappa shape index (κ1) is 20.9. The van der Waals surface area contributed by atoms with Gasteiger partial charge in [-0.25, -0.2) is 9.97 Å². The second kappa shape index (κ2) is 9.33. The van der Waals surface area contributed by atoms with E-state index in [9.17, 15) is 4.79 Å². The highest BCUT2D eigenvalue weighted by molar-refractivity contribution is 7.13. The number of thiazole rings is 1. The minimum atomic E-state index is 0. The summed E-state index contributed by atoms with van der Waals surface area (Å²) in [5.41, 5.74) is 0. The lowest BCUT2D eigenvalue weighted by Gasteiger charge is -2.35. The molecule has 0 spiro atoms. The maximum atomic E-state index is 12.5. The van der Waals surface area contributed by atoms with E-state index < -0.39 is 0 Å². The fraction of sp³-hybridized carbons (Fsp3) is 0.500. The van der Waals surface area contributed by atoms with Crippen LogP contribution in [0.25, 0.3) is 0 Å². The Hall–Kier alpha value is -1.19. The number of hydrogen-bond donors (Lipinski definition) is 1. The van der Waals surface area contributed by atoms with Gasteiger partial charge in [-0.3, -0.25) is 14.6 Å². The lowest BCUT2D eigenvalue weighted by molar-refractivity contribution is -0.120. The van der Waals surface area contributed by atoms with Crippen molar-refractivity contribution in [1.29, 1.82) is 0 Å². The minimum absolute atomic E-state index is 0. The number of rotatable bonds is 4. The van der Waals surface area contributed by atoms with Gasteiger partial charge in [-0.15, -0.1) is 36.2 Å². The second-order valence-corrected chi connectivity index (χ2v) is 6.23. The molecule has 3 heterocycles. The Morgan fingerprint density at radius 3 is 2.83 bits per heavy atom. The van der Waals surface area contributed by atoms with E-state index in [1.165, 1.54) is 11.3 Å². The van der Waals surface area contributed by atoms with Crippen molar-refractivity contribution in [2.24, 2.45) is 7.05 Å². The molecule has 134 valence electrons. The quantitative estimate of drug-likeness (QED) is 0.849. The molecule has 1 aliphatic heterocycles. The Morgan fingerprint density at radius 1 is 1.42 bits per heavy atom. The molecule has 7 nitrogen and oxygen atoms in total. The van der Waals surface area contributed by atoms with E-state index in [-0.39, 0.29) is 36.8 Å². The molecular weight excluding hydrogens is 371 g/mol. The Kier molecular flexibility index (Phi) is 8.11. The largest absolute Gasteiger partial charge is 0.337 e. The van der Waals surface area contributed by atoms with Gasteiger partial charge in [0.2, 0.25) is 5.91 Å². The molecule has 0 radical (unpaired) electrons. The molecule has 0 bridgehead atoms. The van der Waals surface area contributed by atoms with Crippen molar-refractivity contribution in [3.8, 4) is 0 Å². The third-order valence-electron chi connectivity index (χ3n) is 3.93. The number of piperazine rings is 1. The molecule has 1 fully saturated rings. The smallest absolute Gasteiger partial charge is 0.242 e. The number of carbonyl (C=O) groups excluding carboxylic acids is 1. The Balaban J connectivity index is 0.00000144. The van der Waals surface area contributed by atoms with Gasteiger partial charge >= 0.3 is 0 Å². The first-order chi connectivity index (χ1) is 10.7. The molecule has 0 aliphatic carbocycles. The van der Waals surface area contributed by atoms with Crippen molar-refractivity contribution in [1.82, 2.24) is 24.8 Å². The van der Waals surface area contributed by atoms with Crippen molar-refractivity contribution in [2.45, 2.75) is 6.04 Å². The number of carbonyl (C=O) groups is 1. The average molecular weight is 393 g/mol. The van der Waals surface area contributed by atoms with Crippen LogP contribution in [0.15, 0.2) is 24.0 Å². The summed E-state index contributed by atoms with van der Waals surface area (Å²) in [4.78, 5) is 25.0. The van der Waals surface area contributed by atoms with Gasteiger partial charge in [0.1, 0.15) is 5.82 Å². The number of likely N-dealkylation sites (N-methyl/N-ethyl adjacent to an activating group) is 1. The number of amides is 1. The zero-order chi connectivity index (χ0) is 15.5. The number of nitrogens with one attached hydrogen (secondary N) is 1. The molecule has 3 rings (SSSR count). The van der Waals surface area contributed by atoms with Crippen LogP contribution in [0.4, 0.5) is 5.13 Å². The van der Waals surface area contributed by atoms with Gasteiger partial charge in [-0.1, -0.05) is 0 Å². The normalized spacial score (nSPS) is 17.7. The summed E-state index contributed by atoms with van der Waals surface area (Å²) in [5, 5.41) is 5.99. The molecule has 1 atom stereocenters. The highest BCUT2D eigenvalue weighted by Crippen LogP contribution is 2.21. The number of hydrogen-bond acceptors (Lipinski definition) is 6. The van der Waals surface area contributed by atoms with Gasteiger partial charge in [0.25, 0.3) is 0 Å². The van der Waals surface area contributed by atoms with Crippen LogP contribution >= 0.6 is 36.2 Å². The van der Waals surface area contributed by atoms with Gasteiger partial charge in [0, 0.05) is 57.7 Å². The summed E-state index contributed by atoms with van der Waals surface area (Å²) >= 11 is 1.47. The van der Waals surface area contributed by atoms with Crippen LogP contribution in [0.2, 0.25) is 0 Å². The predicted octanol–water partition coefficient (Wildman–Crippen LogP) is 1.33. The summed E-state index contributed by atoms with van der Waals surface area (Å²) in [7, 11) is 3.76. The molecule has 1 unspecified atom stereocenters. The van der Waals surface area contributed by atoms with Crippen molar-refractivity contribution >= 4 is 47.2 Å². The van der Waals surface area contributed by atoms with Gasteiger partial charge in [-0.2, -0.15) is 0 Å². The molecule has 0 aromatic carbocycles. The van der Waals surface area contributed by atoms with Gasteiger partial charge in [0.05, 0.1) is 12.6 Å². The highest BCUT2D eigenvalue weighted by Gasteiger charge is 2.29. The van der Waals surface area contributed by atoms with E-state index in [0.717, 1.165) is 30.6 Å². The number of anilines is 1. The molecule has 1 N–H and O–H groups in total. The highest BCUT2D eigenvalue weighted by atomic mass is 35.5. The molecular formula is C14H22Cl2N6OS. The van der Waals surface area contributed by atoms with Crippen LogP contribution in [0, 0.1) is 0 Å². The van der Waals surface area contributed by atoms with E-state index in [1.807, 2.05) is 23.2 Å². The minimum Gasteiger partial charge on any atom is -0.337 e. The lowest BCUT2D eigenvalue weighted by Crippen LogP contribution is -2.50.